The van der Waals surface area contributed by atoms with Crippen LogP contribution in [0.1, 0.15) is 29.8 Å². The van der Waals surface area contributed by atoms with E-state index in [2.05, 4.69) is 5.32 Å². The highest BCUT2D eigenvalue weighted by Gasteiger charge is 2.27. The van der Waals surface area contributed by atoms with Crippen LogP contribution in [-0.2, 0) is 11.3 Å². The summed E-state index contributed by atoms with van der Waals surface area (Å²) >= 11 is 7.55. The van der Waals surface area contributed by atoms with E-state index in [9.17, 15) is 9.59 Å². The maximum absolute atomic E-state index is 12.9. The number of carbonyl (C=O) groups excluding carboxylic acids is 2. The van der Waals surface area contributed by atoms with Crippen LogP contribution in [0.2, 0.25) is 5.02 Å². The van der Waals surface area contributed by atoms with Crippen molar-refractivity contribution in [2.45, 2.75) is 31.3 Å². The van der Waals surface area contributed by atoms with Crippen molar-refractivity contribution in [2.75, 3.05) is 13.3 Å². The number of halogens is 1. The molecule has 6 heteroatoms. The first kappa shape index (κ1) is 21.3. The number of amides is 2. The van der Waals surface area contributed by atoms with Gasteiger partial charge in [-0.2, -0.15) is 0 Å². The summed E-state index contributed by atoms with van der Waals surface area (Å²) in [5.41, 5.74) is 1.53. The van der Waals surface area contributed by atoms with Gasteiger partial charge in [-0.25, -0.2) is 0 Å². The second-order valence-electron chi connectivity index (χ2n) is 6.74. The molecule has 1 N–H and O–H groups in total. The van der Waals surface area contributed by atoms with Crippen LogP contribution in [0.5, 0.6) is 0 Å². The van der Waals surface area contributed by atoms with Crippen LogP contribution >= 0.6 is 23.4 Å². The highest BCUT2D eigenvalue weighted by molar-refractivity contribution is 7.98. The van der Waals surface area contributed by atoms with E-state index in [-0.39, 0.29) is 17.7 Å². The third-order valence-electron chi connectivity index (χ3n) is 4.28. The topological polar surface area (TPSA) is 49.4 Å². The molecule has 2 rings (SSSR count). The largest absolute Gasteiger partial charge is 0.340 e. The smallest absolute Gasteiger partial charge is 0.251 e. The Kier molecular flexibility index (Phi) is 7.75. The van der Waals surface area contributed by atoms with Crippen LogP contribution in [0.3, 0.4) is 0 Å². The molecule has 0 aliphatic carbocycles. The molecule has 1 atom stereocenters. The molecule has 27 heavy (non-hydrogen) atoms. The number of carbonyl (C=O) groups is 2. The molecule has 0 saturated carbocycles. The lowest BCUT2D eigenvalue weighted by Crippen LogP contribution is -2.50. The summed E-state index contributed by atoms with van der Waals surface area (Å²) in [6, 6.07) is 14.1. The third kappa shape index (κ3) is 6.01. The van der Waals surface area contributed by atoms with Crippen molar-refractivity contribution < 1.29 is 9.59 Å². The molecule has 0 radical (unpaired) electrons. The fraction of sp³-hybridized carbons (Fsp3) is 0.333. The van der Waals surface area contributed by atoms with Gasteiger partial charge in [0.05, 0.1) is 0 Å². The lowest BCUT2D eigenvalue weighted by atomic mass is 10.0. The van der Waals surface area contributed by atoms with Gasteiger partial charge in [0.25, 0.3) is 5.91 Å². The summed E-state index contributed by atoms with van der Waals surface area (Å²) in [6.07, 6.45) is 2.03. The SMILES string of the molecule is CSc1ccc(CN(C)C(=O)[C@@H](NC(=O)c2ccc(Cl)cc2)C(C)C)cc1. The first-order valence-electron chi connectivity index (χ1n) is 8.76. The molecule has 0 spiro atoms. The Morgan fingerprint density at radius 3 is 2.19 bits per heavy atom. The zero-order valence-corrected chi connectivity index (χ0v) is 17.6. The second-order valence-corrected chi connectivity index (χ2v) is 8.06. The zero-order chi connectivity index (χ0) is 20.0. The van der Waals surface area contributed by atoms with E-state index in [1.165, 1.54) is 4.90 Å². The molecule has 0 bridgehead atoms. The normalized spacial score (nSPS) is 11.9. The van der Waals surface area contributed by atoms with Gasteiger partial charge in [-0.1, -0.05) is 37.6 Å². The summed E-state index contributed by atoms with van der Waals surface area (Å²) in [4.78, 5) is 28.3. The van der Waals surface area contributed by atoms with Gasteiger partial charge in [0.2, 0.25) is 5.91 Å². The van der Waals surface area contributed by atoms with E-state index >= 15 is 0 Å². The van der Waals surface area contributed by atoms with Crippen LogP contribution in [0.15, 0.2) is 53.4 Å². The van der Waals surface area contributed by atoms with E-state index in [0.29, 0.717) is 17.1 Å². The van der Waals surface area contributed by atoms with Crippen molar-refractivity contribution in [3.05, 3.63) is 64.7 Å². The van der Waals surface area contributed by atoms with Crippen molar-refractivity contribution in [1.82, 2.24) is 10.2 Å². The number of hydrogen-bond acceptors (Lipinski definition) is 3. The quantitative estimate of drug-likeness (QED) is 0.692. The number of hydrogen-bond donors (Lipinski definition) is 1. The van der Waals surface area contributed by atoms with Crippen LogP contribution in [0.25, 0.3) is 0 Å². The Bertz CT molecular complexity index is 776. The van der Waals surface area contributed by atoms with E-state index in [0.717, 1.165) is 5.56 Å². The number of thioether (sulfide) groups is 1. The van der Waals surface area contributed by atoms with Gasteiger partial charge in [-0.15, -0.1) is 11.8 Å². The fourth-order valence-electron chi connectivity index (χ4n) is 2.66. The first-order valence-corrected chi connectivity index (χ1v) is 10.4. The molecular formula is C21H25ClN2O2S. The molecule has 144 valence electrons. The molecule has 0 aromatic heterocycles. The Hall–Kier alpha value is -1.98. The highest BCUT2D eigenvalue weighted by atomic mass is 35.5. The third-order valence-corrected chi connectivity index (χ3v) is 5.28. The van der Waals surface area contributed by atoms with Gasteiger partial charge in [0, 0.05) is 29.1 Å². The molecule has 2 amide bonds. The number of benzene rings is 2. The van der Waals surface area contributed by atoms with Crippen molar-refractivity contribution in [3.63, 3.8) is 0 Å². The minimum absolute atomic E-state index is 0.0323. The van der Waals surface area contributed by atoms with Crippen LogP contribution in [-0.4, -0.2) is 36.1 Å². The molecule has 4 nitrogen and oxygen atoms in total. The van der Waals surface area contributed by atoms with Crippen LogP contribution in [0.4, 0.5) is 0 Å². The van der Waals surface area contributed by atoms with Gasteiger partial charge in [-0.3, -0.25) is 9.59 Å². The predicted octanol–water partition coefficient (Wildman–Crippen LogP) is 4.47. The van der Waals surface area contributed by atoms with Gasteiger partial charge in [0.1, 0.15) is 6.04 Å². The van der Waals surface area contributed by atoms with E-state index in [4.69, 9.17) is 11.6 Å². The van der Waals surface area contributed by atoms with Crippen molar-refractivity contribution in [1.29, 1.82) is 0 Å². The summed E-state index contributed by atoms with van der Waals surface area (Å²) in [5.74, 6) is -0.423. The van der Waals surface area contributed by atoms with Gasteiger partial charge in [0.15, 0.2) is 0 Å². The number of nitrogens with zero attached hydrogens (tertiary/aromatic N) is 1. The van der Waals surface area contributed by atoms with Crippen molar-refractivity contribution >= 4 is 35.2 Å². The second kappa shape index (κ2) is 9.81. The Balaban J connectivity index is 2.06. The Labute approximate surface area is 170 Å². The minimum Gasteiger partial charge on any atom is -0.340 e. The Morgan fingerprint density at radius 1 is 1.07 bits per heavy atom. The summed E-state index contributed by atoms with van der Waals surface area (Å²) in [5, 5.41) is 3.43. The summed E-state index contributed by atoms with van der Waals surface area (Å²) in [7, 11) is 1.76. The molecule has 0 aliphatic rings. The van der Waals surface area contributed by atoms with Crippen LogP contribution < -0.4 is 5.32 Å². The van der Waals surface area contributed by atoms with Crippen molar-refractivity contribution in [3.8, 4) is 0 Å². The van der Waals surface area contributed by atoms with E-state index in [1.54, 1.807) is 48.0 Å². The Morgan fingerprint density at radius 2 is 1.67 bits per heavy atom. The lowest BCUT2D eigenvalue weighted by Gasteiger charge is -2.27. The summed E-state index contributed by atoms with van der Waals surface area (Å²) in [6.45, 7) is 4.34. The minimum atomic E-state index is -0.594. The molecule has 0 fully saturated rings. The molecule has 0 aliphatic heterocycles. The predicted molar refractivity (Wildman–Crippen MR) is 112 cm³/mol. The molecule has 0 saturated heterocycles. The lowest BCUT2D eigenvalue weighted by molar-refractivity contribution is -0.133. The number of likely N-dealkylation sites (N-methyl/N-ethyl adjacent to an activating group) is 1. The maximum Gasteiger partial charge on any atom is 0.251 e. The number of rotatable bonds is 7. The average molecular weight is 405 g/mol. The monoisotopic (exact) mass is 404 g/mol. The molecule has 0 unspecified atom stereocenters. The van der Waals surface area contributed by atoms with Crippen LogP contribution in [0, 0.1) is 5.92 Å². The van der Waals surface area contributed by atoms with E-state index in [1.807, 2.05) is 44.4 Å². The standard InChI is InChI=1S/C21H25ClN2O2S/c1-14(2)19(23-20(25)16-7-9-17(22)10-8-16)21(26)24(3)13-15-5-11-18(27-4)12-6-15/h5-12,14,19H,13H2,1-4H3,(H,23,25)/t19-/m0/s1. The van der Waals surface area contributed by atoms with Gasteiger partial charge < -0.3 is 10.2 Å². The molecular weight excluding hydrogens is 380 g/mol. The first-order chi connectivity index (χ1) is 12.8. The maximum atomic E-state index is 12.9. The average Bonchev–Trinajstić information content (AvgIpc) is 2.66. The summed E-state index contributed by atoms with van der Waals surface area (Å²) < 4.78 is 0. The highest BCUT2D eigenvalue weighted by Crippen LogP contribution is 2.17. The van der Waals surface area contributed by atoms with Gasteiger partial charge in [-0.05, 0) is 54.1 Å². The van der Waals surface area contributed by atoms with Crippen molar-refractivity contribution in [2.24, 2.45) is 5.92 Å². The van der Waals surface area contributed by atoms with E-state index < -0.39 is 6.04 Å². The number of nitrogens with one attached hydrogen (secondary N) is 1. The molecule has 2 aromatic carbocycles. The molecule has 0 heterocycles. The fourth-order valence-corrected chi connectivity index (χ4v) is 3.19. The molecule has 2 aromatic rings. The van der Waals surface area contributed by atoms with Gasteiger partial charge >= 0.3 is 0 Å². The zero-order valence-electron chi connectivity index (χ0n) is 16.0.